The molecule has 1 aromatic rings. The van der Waals surface area contributed by atoms with Gasteiger partial charge in [-0.05, 0) is 43.2 Å². The Bertz CT molecular complexity index is 396. The molecule has 0 radical (unpaired) electrons. The van der Waals surface area contributed by atoms with E-state index in [0.717, 1.165) is 0 Å². The van der Waals surface area contributed by atoms with Gasteiger partial charge in [-0.3, -0.25) is 0 Å². The summed E-state index contributed by atoms with van der Waals surface area (Å²) in [6.07, 6.45) is 9.73. The zero-order valence-electron chi connectivity index (χ0n) is 12.4. The van der Waals surface area contributed by atoms with E-state index < -0.39 is 0 Å². The Kier molecular flexibility index (Phi) is 3.66. The molecule has 0 bridgehead atoms. The Hall–Kier alpha value is -0.820. The Morgan fingerprint density at radius 3 is 2.26 bits per heavy atom. The van der Waals surface area contributed by atoms with Crippen LogP contribution >= 0.6 is 0 Å². The second kappa shape index (κ2) is 5.28. The van der Waals surface area contributed by atoms with Crippen molar-refractivity contribution in [1.82, 2.24) is 5.32 Å². The number of benzene rings is 1. The van der Waals surface area contributed by atoms with Crippen LogP contribution in [-0.4, -0.2) is 5.54 Å². The molecule has 1 N–H and O–H groups in total. The van der Waals surface area contributed by atoms with Crippen LogP contribution in [0.1, 0.15) is 81.9 Å². The van der Waals surface area contributed by atoms with Crippen LogP contribution in [0.2, 0.25) is 0 Å². The van der Waals surface area contributed by atoms with Crippen molar-refractivity contribution >= 4 is 0 Å². The molecule has 2 aliphatic rings. The van der Waals surface area contributed by atoms with E-state index in [9.17, 15) is 0 Å². The highest BCUT2D eigenvalue weighted by Crippen LogP contribution is 2.41. The Balaban J connectivity index is 1.93. The number of hydrogen-bond donors (Lipinski definition) is 1. The van der Waals surface area contributed by atoms with Gasteiger partial charge in [0, 0.05) is 11.6 Å². The van der Waals surface area contributed by atoms with Gasteiger partial charge in [-0.25, -0.2) is 0 Å². The number of nitrogens with one attached hydrogen (secondary N) is 1. The summed E-state index contributed by atoms with van der Waals surface area (Å²) in [6.45, 7) is 4.77. The third-order valence-corrected chi connectivity index (χ3v) is 5.27. The van der Waals surface area contributed by atoms with Crippen molar-refractivity contribution in [2.24, 2.45) is 0 Å². The molecule has 2 atom stereocenters. The van der Waals surface area contributed by atoms with Crippen LogP contribution in [0.5, 0.6) is 0 Å². The predicted molar refractivity (Wildman–Crippen MR) is 81.5 cm³/mol. The fraction of sp³-hybridized carbons (Fsp3) is 0.667. The standard InChI is InChI=1S/C18H27N/c1-14-13-18(11-7-3-4-8-12-18)19-15(2)17-10-6-5-9-16(14)17/h5-6,9-10,14-15,19H,3-4,7-8,11-13H2,1-2H3. The lowest BCUT2D eigenvalue weighted by molar-refractivity contribution is 0.238. The fourth-order valence-corrected chi connectivity index (χ4v) is 4.40. The van der Waals surface area contributed by atoms with Crippen molar-refractivity contribution < 1.29 is 0 Å². The summed E-state index contributed by atoms with van der Waals surface area (Å²) in [4.78, 5) is 0. The molecule has 1 aliphatic carbocycles. The molecule has 0 amide bonds. The van der Waals surface area contributed by atoms with Gasteiger partial charge in [-0.2, -0.15) is 0 Å². The van der Waals surface area contributed by atoms with Crippen molar-refractivity contribution in [2.45, 2.75) is 76.3 Å². The lowest BCUT2D eigenvalue weighted by atomic mass is 9.80. The highest BCUT2D eigenvalue weighted by atomic mass is 15.0. The summed E-state index contributed by atoms with van der Waals surface area (Å²) in [5.41, 5.74) is 3.49. The molecule has 1 aliphatic heterocycles. The summed E-state index contributed by atoms with van der Waals surface area (Å²) < 4.78 is 0. The largest absolute Gasteiger partial charge is 0.305 e. The lowest BCUT2D eigenvalue weighted by Gasteiger charge is -2.36. The van der Waals surface area contributed by atoms with E-state index in [2.05, 4.69) is 43.4 Å². The molecular weight excluding hydrogens is 230 g/mol. The van der Waals surface area contributed by atoms with Crippen molar-refractivity contribution in [3.63, 3.8) is 0 Å². The summed E-state index contributed by atoms with van der Waals surface area (Å²) in [7, 11) is 0. The second-order valence-electron chi connectivity index (χ2n) is 6.79. The van der Waals surface area contributed by atoms with Crippen molar-refractivity contribution in [3.05, 3.63) is 35.4 Å². The van der Waals surface area contributed by atoms with Gasteiger partial charge in [0.1, 0.15) is 0 Å². The average molecular weight is 257 g/mol. The fourth-order valence-electron chi connectivity index (χ4n) is 4.40. The Morgan fingerprint density at radius 1 is 0.947 bits per heavy atom. The monoisotopic (exact) mass is 257 g/mol. The average Bonchev–Trinajstić information content (AvgIpc) is 2.69. The zero-order valence-corrected chi connectivity index (χ0v) is 12.4. The molecule has 19 heavy (non-hydrogen) atoms. The van der Waals surface area contributed by atoms with Gasteiger partial charge in [-0.15, -0.1) is 0 Å². The first-order valence-corrected chi connectivity index (χ1v) is 8.07. The second-order valence-corrected chi connectivity index (χ2v) is 6.79. The SMILES string of the molecule is CC1CC2(CCCCCC2)NC(C)c2ccccc21. The molecule has 0 aromatic heterocycles. The zero-order chi connectivity index (χ0) is 13.3. The van der Waals surface area contributed by atoms with Gasteiger partial charge >= 0.3 is 0 Å². The molecule has 104 valence electrons. The molecule has 1 heterocycles. The molecule has 1 saturated carbocycles. The van der Waals surface area contributed by atoms with Crippen LogP contribution in [0.25, 0.3) is 0 Å². The van der Waals surface area contributed by atoms with Gasteiger partial charge < -0.3 is 5.32 Å². The first-order chi connectivity index (χ1) is 9.20. The summed E-state index contributed by atoms with van der Waals surface area (Å²) in [5, 5.41) is 4.02. The minimum Gasteiger partial charge on any atom is -0.305 e. The molecule has 3 rings (SSSR count). The smallest absolute Gasteiger partial charge is 0.0299 e. The summed E-state index contributed by atoms with van der Waals surface area (Å²) in [5.74, 6) is 0.687. The lowest BCUT2D eigenvalue weighted by Crippen LogP contribution is -2.45. The van der Waals surface area contributed by atoms with E-state index in [0.29, 0.717) is 17.5 Å². The number of rotatable bonds is 0. The Morgan fingerprint density at radius 2 is 1.58 bits per heavy atom. The van der Waals surface area contributed by atoms with E-state index >= 15 is 0 Å². The van der Waals surface area contributed by atoms with Crippen molar-refractivity contribution in [1.29, 1.82) is 0 Å². The molecule has 1 heteroatoms. The van der Waals surface area contributed by atoms with E-state index in [-0.39, 0.29) is 0 Å². The molecule has 0 saturated heterocycles. The van der Waals surface area contributed by atoms with Crippen LogP contribution < -0.4 is 5.32 Å². The normalized spacial score (nSPS) is 30.4. The highest BCUT2D eigenvalue weighted by molar-refractivity contribution is 5.34. The molecule has 1 nitrogen and oxygen atoms in total. The van der Waals surface area contributed by atoms with Crippen molar-refractivity contribution in [2.75, 3.05) is 0 Å². The van der Waals surface area contributed by atoms with E-state index in [4.69, 9.17) is 0 Å². The van der Waals surface area contributed by atoms with E-state index in [1.54, 1.807) is 5.56 Å². The Labute approximate surface area is 117 Å². The van der Waals surface area contributed by atoms with Crippen molar-refractivity contribution in [3.8, 4) is 0 Å². The van der Waals surface area contributed by atoms with Crippen LogP contribution in [0.3, 0.4) is 0 Å². The first-order valence-electron chi connectivity index (χ1n) is 8.07. The maximum atomic E-state index is 4.02. The van der Waals surface area contributed by atoms with Crippen LogP contribution in [-0.2, 0) is 0 Å². The van der Waals surface area contributed by atoms with E-state index in [1.807, 2.05) is 0 Å². The summed E-state index contributed by atoms with van der Waals surface area (Å²) in [6, 6.07) is 9.55. The van der Waals surface area contributed by atoms with Gasteiger partial charge in [0.05, 0.1) is 0 Å². The van der Waals surface area contributed by atoms with E-state index in [1.165, 1.54) is 50.5 Å². The van der Waals surface area contributed by atoms with Gasteiger partial charge in [-0.1, -0.05) is 56.9 Å². The highest BCUT2D eigenvalue weighted by Gasteiger charge is 2.37. The minimum atomic E-state index is 0.397. The maximum Gasteiger partial charge on any atom is 0.0299 e. The molecule has 1 fully saturated rings. The molecule has 2 unspecified atom stereocenters. The molecule has 1 aromatic carbocycles. The van der Waals surface area contributed by atoms with Crippen LogP contribution in [0.15, 0.2) is 24.3 Å². The third kappa shape index (κ3) is 2.58. The first kappa shape index (κ1) is 13.2. The topological polar surface area (TPSA) is 12.0 Å². The minimum absolute atomic E-state index is 0.397. The summed E-state index contributed by atoms with van der Waals surface area (Å²) >= 11 is 0. The maximum absolute atomic E-state index is 4.02. The van der Waals surface area contributed by atoms with Gasteiger partial charge in [0.15, 0.2) is 0 Å². The predicted octanol–water partition coefficient (Wildman–Crippen LogP) is 4.94. The molecular formula is C18H27N. The van der Waals surface area contributed by atoms with Crippen LogP contribution in [0.4, 0.5) is 0 Å². The number of hydrogen-bond acceptors (Lipinski definition) is 1. The third-order valence-electron chi connectivity index (χ3n) is 5.27. The quantitative estimate of drug-likeness (QED) is 0.694. The van der Waals surface area contributed by atoms with Gasteiger partial charge in [0.2, 0.25) is 0 Å². The van der Waals surface area contributed by atoms with Gasteiger partial charge in [0.25, 0.3) is 0 Å². The molecule has 1 spiro atoms. The number of fused-ring (bicyclic) bond motifs is 1. The van der Waals surface area contributed by atoms with Crippen LogP contribution in [0, 0.1) is 0 Å².